The van der Waals surface area contributed by atoms with Crippen LogP contribution in [0.2, 0.25) is 0 Å². The maximum absolute atomic E-state index is 12.9. The first-order valence-electron chi connectivity index (χ1n) is 8.63. The number of amides is 2. The summed E-state index contributed by atoms with van der Waals surface area (Å²) in [6, 6.07) is 15.1. The second kappa shape index (κ2) is 8.79. The summed E-state index contributed by atoms with van der Waals surface area (Å²) in [5.74, 6) is -1.93. The lowest BCUT2D eigenvalue weighted by atomic mass is 10.2. The highest BCUT2D eigenvalue weighted by molar-refractivity contribution is 5.95. The van der Waals surface area contributed by atoms with Crippen molar-refractivity contribution >= 4 is 11.8 Å². The number of benzene rings is 2. The molecule has 0 saturated carbocycles. The summed E-state index contributed by atoms with van der Waals surface area (Å²) in [6.07, 6.45) is 1.36. The molecule has 0 spiro atoms. The molecular formula is C20H17FN4O4. The Balaban J connectivity index is 1.67. The van der Waals surface area contributed by atoms with Crippen LogP contribution in [0.15, 0.2) is 76.4 Å². The van der Waals surface area contributed by atoms with Crippen molar-refractivity contribution in [3.8, 4) is 0 Å². The first kappa shape index (κ1) is 19.7. The first-order valence-corrected chi connectivity index (χ1v) is 8.63. The Kier molecular flexibility index (Phi) is 5.98. The largest absolute Gasteiger partial charge is 0.331 e. The number of hydrazine groups is 1. The molecule has 2 N–H and O–H groups in total. The number of aromatic nitrogens is 2. The van der Waals surface area contributed by atoms with E-state index >= 15 is 0 Å². The molecule has 8 nitrogen and oxygen atoms in total. The van der Waals surface area contributed by atoms with Crippen molar-refractivity contribution in [1.82, 2.24) is 20.0 Å². The number of carbonyl (C=O) groups excluding carboxylic acids is 2. The summed E-state index contributed by atoms with van der Waals surface area (Å²) >= 11 is 0. The van der Waals surface area contributed by atoms with Crippen molar-refractivity contribution in [2.24, 2.45) is 0 Å². The molecule has 0 saturated heterocycles. The lowest BCUT2D eigenvalue weighted by molar-refractivity contribution is -0.122. The zero-order valence-electron chi connectivity index (χ0n) is 15.2. The van der Waals surface area contributed by atoms with Gasteiger partial charge < -0.3 is 0 Å². The van der Waals surface area contributed by atoms with Crippen LogP contribution >= 0.6 is 0 Å². The van der Waals surface area contributed by atoms with Crippen molar-refractivity contribution < 1.29 is 14.0 Å². The van der Waals surface area contributed by atoms with Crippen LogP contribution in [0.3, 0.4) is 0 Å². The van der Waals surface area contributed by atoms with Gasteiger partial charge in [0.15, 0.2) is 0 Å². The van der Waals surface area contributed by atoms with E-state index in [0.717, 1.165) is 22.3 Å². The second-order valence-electron chi connectivity index (χ2n) is 6.15. The van der Waals surface area contributed by atoms with Gasteiger partial charge in [0.05, 0.1) is 6.54 Å². The predicted octanol–water partition coefficient (Wildman–Crippen LogP) is 0.659. The third-order valence-corrected chi connectivity index (χ3v) is 4.06. The van der Waals surface area contributed by atoms with E-state index in [0.29, 0.717) is 0 Å². The standard InChI is InChI=1S/C20H17FN4O4/c21-16-8-6-15(7-9-16)19(28)23-22-17(26)13-25-18(27)10-11-24(20(25)29)12-14-4-2-1-3-5-14/h1-11H,12-13H2,(H,22,26)(H,23,28). The molecule has 1 heterocycles. The normalized spacial score (nSPS) is 10.4. The van der Waals surface area contributed by atoms with Gasteiger partial charge >= 0.3 is 5.69 Å². The zero-order chi connectivity index (χ0) is 20.8. The summed E-state index contributed by atoms with van der Waals surface area (Å²) < 4.78 is 15.0. The fourth-order valence-corrected chi connectivity index (χ4v) is 2.59. The van der Waals surface area contributed by atoms with Gasteiger partial charge in [-0.2, -0.15) is 0 Å². The average Bonchev–Trinajstić information content (AvgIpc) is 2.73. The third-order valence-electron chi connectivity index (χ3n) is 4.06. The molecule has 2 amide bonds. The molecule has 0 unspecified atom stereocenters. The van der Waals surface area contributed by atoms with Gasteiger partial charge in [-0.15, -0.1) is 0 Å². The van der Waals surface area contributed by atoms with Gasteiger partial charge in [-0.25, -0.2) is 9.18 Å². The summed E-state index contributed by atoms with van der Waals surface area (Å²) in [5, 5.41) is 0. The highest BCUT2D eigenvalue weighted by atomic mass is 19.1. The summed E-state index contributed by atoms with van der Waals surface area (Å²) in [5.41, 5.74) is 3.97. The molecular weight excluding hydrogens is 379 g/mol. The topological polar surface area (TPSA) is 102 Å². The van der Waals surface area contributed by atoms with Crippen LogP contribution in [0.1, 0.15) is 15.9 Å². The van der Waals surface area contributed by atoms with E-state index < -0.39 is 35.4 Å². The molecule has 148 valence electrons. The van der Waals surface area contributed by atoms with Crippen molar-refractivity contribution in [3.05, 3.63) is 105 Å². The molecule has 1 aromatic heterocycles. The van der Waals surface area contributed by atoms with Crippen molar-refractivity contribution in [3.63, 3.8) is 0 Å². The Bertz CT molecular complexity index is 1140. The monoisotopic (exact) mass is 396 g/mol. The molecule has 0 radical (unpaired) electrons. The number of hydrogen-bond donors (Lipinski definition) is 2. The maximum atomic E-state index is 12.9. The molecule has 3 rings (SSSR count). The Hall–Kier alpha value is -4.01. The Morgan fingerprint density at radius 3 is 2.28 bits per heavy atom. The zero-order valence-corrected chi connectivity index (χ0v) is 15.2. The van der Waals surface area contributed by atoms with Crippen LogP contribution in [0.4, 0.5) is 4.39 Å². The number of rotatable bonds is 5. The molecule has 0 aliphatic heterocycles. The molecule has 29 heavy (non-hydrogen) atoms. The van der Waals surface area contributed by atoms with Gasteiger partial charge in [-0.3, -0.25) is 34.4 Å². The van der Waals surface area contributed by atoms with Crippen LogP contribution in [0.5, 0.6) is 0 Å². The van der Waals surface area contributed by atoms with Gasteiger partial charge in [0.2, 0.25) is 0 Å². The smallest absolute Gasteiger partial charge is 0.296 e. The first-order chi connectivity index (χ1) is 13.9. The van der Waals surface area contributed by atoms with E-state index in [1.165, 1.54) is 29.0 Å². The van der Waals surface area contributed by atoms with Gasteiger partial charge in [0, 0.05) is 17.8 Å². The predicted molar refractivity (Wildman–Crippen MR) is 103 cm³/mol. The fourth-order valence-electron chi connectivity index (χ4n) is 2.59. The van der Waals surface area contributed by atoms with Gasteiger partial charge in [0.25, 0.3) is 17.4 Å². The van der Waals surface area contributed by atoms with Gasteiger partial charge in [-0.05, 0) is 29.8 Å². The molecule has 2 aromatic carbocycles. The summed E-state index contributed by atoms with van der Waals surface area (Å²) in [6.45, 7) is -0.333. The van der Waals surface area contributed by atoms with E-state index in [-0.39, 0.29) is 12.1 Å². The molecule has 9 heteroatoms. The summed E-state index contributed by atoms with van der Waals surface area (Å²) in [4.78, 5) is 48.6. The van der Waals surface area contributed by atoms with Crippen molar-refractivity contribution in [1.29, 1.82) is 0 Å². The maximum Gasteiger partial charge on any atom is 0.331 e. The van der Waals surface area contributed by atoms with Crippen molar-refractivity contribution in [2.75, 3.05) is 0 Å². The van der Waals surface area contributed by atoms with E-state index in [1.807, 2.05) is 30.3 Å². The van der Waals surface area contributed by atoms with Crippen LogP contribution in [0, 0.1) is 5.82 Å². The highest BCUT2D eigenvalue weighted by Crippen LogP contribution is 2.02. The number of nitrogens with one attached hydrogen (secondary N) is 2. The summed E-state index contributed by atoms with van der Waals surface area (Å²) in [7, 11) is 0. The SMILES string of the molecule is O=C(Cn1c(=O)ccn(Cc2ccccc2)c1=O)NNC(=O)c1ccc(F)cc1. The highest BCUT2D eigenvalue weighted by Gasteiger charge is 2.12. The van der Waals surface area contributed by atoms with E-state index in [2.05, 4.69) is 10.9 Å². The average molecular weight is 396 g/mol. The van der Waals surface area contributed by atoms with Crippen LogP contribution < -0.4 is 22.1 Å². The minimum absolute atomic E-state index is 0.133. The third kappa shape index (κ3) is 5.04. The van der Waals surface area contributed by atoms with E-state index in [1.54, 1.807) is 0 Å². The van der Waals surface area contributed by atoms with Crippen LogP contribution in [0.25, 0.3) is 0 Å². The lowest BCUT2D eigenvalue weighted by Crippen LogP contribution is -2.47. The molecule has 0 aliphatic rings. The van der Waals surface area contributed by atoms with Gasteiger partial charge in [-0.1, -0.05) is 30.3 Å². The Labute approximate surface area is 164 Å². The van der Waals surface area contributed by atoms with E-state index in [4.69, 9.17) is 0 Å². The Morgan fingerprint density at radius 2 is 1.59 bits per heavy atom. The van der Waals surface area contributed by atoms with Gasteiger partial charge in [0.1, 0.15) is 12.4 Å². The second-order valence-corrected chi connectivity index (χ2v) is 6.15. The lowest BCUT2D eigenvalue weighted by Gasteiger charge is -2.11. The molecule has 3 aromatic rings. The number of halogens is 1. The van der Waals surface area contributed by atoms with Crippen molar-refractivity contribution in [2.45, 2.75) is 13.1 Å². The molecule has 0 bridgehead atoms. The fraction of sp³-hybridized carbons (Fsp3) is 0.100. The minimum atomic E-state index is -0.767. The van der Waals surface area contributed by atoms with Crippen LogP contribution in [-0.2, 0) is 17.9 Å². The Morgan fingerprint density at radius 1 is 0.897 bits per heavy atom. The number of carbonyl (C=O) groups is 2. The number of nitrogens with zero attached hydrogens (tertiary/aromatic N) is 2. The molecule has 0 fully saturated rings. The van der Waals surface area contributed by atoms with E-state index in [9.17, 15) is 23.6 Å². The minimum Gasteiger partial charge on any atom is -0.296 e. The quantitative estimate of drug-likeness (QED) is 0.619. The number of hydrogen-bond acceptors (Lipinski definition) is 4. The van der Waals surface area contributed by atoms with Crippen LogP contribution in [-0.4, -0.2) is 20.9 Å². The molecule has 0 aliphatic carbocycles. The molecule has 0 atom stereocenters.